The minimum Gasteiger partial charge on any atom is -0.462 e. The Morgan fingerprint density at radius 1 is 1.29 bits per heavy atom. The molecule has 0 aliphatic rings. The third kappa shape index (κ3) is 5.01. The highest BCUT2D eigenvalue weighted by atomic mass is 32.1. The van der Waals surface area contributed by atoms with Crippen molar-refractivity contribution < 1.29 is 32.2 Å². The highest BCUT2D eigenvalue weighted by Gasteiger charge is 2.30. The molecule has 6 nitrogen and oxygen atoms in total. The Morgan fingerprint density at radius 3 is 2.61 bits per heavy atom. The summed E-state index contributed by atoms with van der Waals surface area (Å²) in [5.74, 6) is -1.52. The summed E-state index contributed by atoms with van der Waals surface area (Å²) in [6, 6.07) is 6.15. The molecule has 0 fully saturated rings. The second-order valence-electron chi connectivity index (χ2n) is 5.52. The van der Waals surface area contributed by atoms with Gasteiger partial charge in [-0.2, -0.15) is 18.4 Å². The maximum absolute atomic E-state index is 12.7. The lowest BCUT2D eigenvalue weighted by molar-refractivity contribution is -0.144. The topological polar surface area (TPSA) is 102 Å². The highest BCUT2D eigenvalue weighted by Crippen LogP contribution is 2.32. The molecule has 148 valence electrons. The average molecular weight is 412 g/mol. The van der Waals surface area contributed by atoms with Crippen LogP contribution in [-0.4, -0.2) is 18.5 Å². The molecule has 0 aliphatic carbocycles. The summed E-state index contributed by atoms with van der Waals surface area (Å²) in [5.41, 5.74) is 5.07. The SMILES string of the molecule is CCOC(=O)c1sc(N)c(C#N)c1COC(=O)Cc1cccc(C(F)(F)F)c1. The lowest BCUT2D eigenvalue weighted by Crippen LogP contribution is -2.12. The molecule has 1 aromatic heterocycles. The fraction of sp³-hybridized carbons (Fsp3) is 0.278. The van der Waals surface area contributed by atoms with E-state index in [4.69, 9.17) is 15.2 Å². The first-order chi connectivity index (χ1) is 13.2. The van der Waals surface area contributed by atoms with Crippen molar-refractivity contribution in [1.29, 1.82) is 5.26 Å². The lowest BCUT2D eigenvalue weighted by atomic mass is 10.1. The summed E-state index contributed by atoms with van der Waals surface area (Å²) >= 11 is 0.838. The zero-order chi connectivity index (χ0) is 20.9. The van der Waals surface area contributed by atoms with Crippen molar-refractivity contribution in [3.05, 3.63) is 51.4 Å². The van der Waals surface area contributed by atoms with Crippen LogP contribution in [0.1, 0.15) is 38.8 Å². The average Bonchev–Trinajstić information content (AvgIpc) is 2.95. The van der Waals surface area contributed by atoms with Gasteiger partial charge in [0.1, 0.15) is 22.6 Å². The van der Waals surface area contributed by atoms with Crippen molar-refractivity contribution in [2.45, 2.75) is 26.1 Å². The molecule has 10 heteroatoms. The number of halogens is 3. The van der Waals surface area contributed by atoms with Crippen LogP contribution in [0.25, 0.3) is 0 Å². The maximum Gasteiger partial charge on any atom is 0.416 e. The van der Waals surface area contributed by atoms with Crippen LogP contribution in [0.15, 0.2) is 24.3 Å². The van der Waals surface area contributed by atoms with E-state index in [-0.39, 0.29) is 33.2 Å². The number of thiophene rings is 1. The smallest absolute Gasteiger partial charge is 0.416 e. The summed E-state index contributed by atoms with van der Waals surface area (Å²) in [5, 5.41) is 9.29. The van der Waals surface area contributed by atoms with Gasteiger partial charge in [0.15, 0.2) is 0 Å². The number of anilines is 1. The molecule has 2 aromatic rings. The first-order valence-corrected chi connectivity index (χ1v) is 8.79. The molecule has 0 unspecified atom stereocenters. The third-order valence-electron chi connectivity index (χ3n) is 3.59. The van der Waals surface area contributed by atoms with E-state index in [0.717, 1.165) is 23.5 Å². The Hall–Kier alpha value is -3.06. The van der Waals surface area contributed by atoms with Gasteiger partial charge in [0.25, 0.3) is 0 Å². The minimum absolute atomic E-state index is 0.0000724. The van der Waals surface area contributed by atoms with Crippen molar-refractivity contribution in [3.8, 4) is 6.07 Å². The Kier molecular flexibility index (Phi) is 6.64. The molecule has 1 heterocycles. The zero-order valence-corrected chi connectivity index (χ0v) is 15.4. The molecule has 0 atom stereocenters. The van der Waals surface area contributed by atoms with E-state index in [1.165, 1.54) is 12.1 Å². The predicted octanol–water partition coefficient (Wildman–Crippen LogP) is 3.68. The van der Waals surface area contributed by atoms with Crippen LogP contribution in [0.2, 0.25) is 0 Å². The molecule has 0 aliphatic heterocycles. The molecule has 0 radical (unpaired) electrons. The van der Waals surface area contributed by atoms with Crippen LogP contribution in [-0.2, 0) is 33.5 Å². The highest BCUT2D eigenvalue weighted by molar-refractivity contribution is 7.18. The number of benzene rings is 1. The number of rotatable bonds is 6. The van der Waals surface area contributed by atoms with Gasteiger partial charge in [-0.15, -0.1) is 11.3 Å². The van der Waals surface area contributed by atoms with Gasteiger partial charge in [-0.3, -0.25) is 4.79 Å². The van der Waals surface area contributed by atoms with Crippen LogP contribution >= 0.6 is 11.3 Å². The molecule has 0 saturated heterocycles. The molecule has 28 heavy (non-hydrogen) atoms. The van der Waals surface area contributed by atoms with Gasteiger partial charge in [0, 0.05) is 5.56 Å². The third-order valence-corrected chi connectivity index (χ3v) is 4.63. The molecule has 0 bridgehead atoms. The van der Waals surface area contributed by atoms with Crippen molar-refractivity contribution in [1.82, 2.24) is 0 Å². The van der Waals surface area contributed by atoms with Crippen molar-refractivity contribution in [3.63, 3.8) is 0 Å². The molecular weight excluding hydrogens is 397 g/mol. The first kappa shape index (κ1) is 21.2. The zero-order valence-electron chi connectivity index (χ0n) is 14.6. The second kappa shape index (κ2) is 8.75. The lowest BCUT2D eigenvalue weighted by Gasteiger charge is -2.09. The van der Waals surface area contributed by atoms with Gasteiger partial charge in [-0.05, 0) is 18.6 Å². The van der Waals surface area contributed by atoms with E-state index in [2.05, 4.69) is 0 Å². The van der Waals surface area contributed by atoms with Gasteiger partial charge in [-0.1, -0.05) is 18.2 Å². The molecule has 2 N–H and O–H groups in total. The molecule has 2 rings (SSSR count). The normalized spacial score (nSPS) is 11.0. The fourth-order valence-electron chi connectivity index (χ4n) is 2.33. The first-order valence-electron chi connectivity index (χ1n) is 7.97. The molecular formula is C18H15F3N2O4S. The largest absolute Gasteiger partial charge is 0.462 e. The van der Waals surface area contributed by atoms with Crippen LogP contribution in [0.3, 0.4) is 0 Å². The predicted molar refractivity (Wildman–Crippen MR) is 94.3 cm³/mol. The summed E-state index contributed by atoms with van der Waals surface area (Å²) in [6.07, 6.45) is -4.93. The van der Waals surface area contributed by atoms with Crippen LogP contribution in [0.5, 0.6) is 0 Å². The second-order valence-corrected chi connectivity index (χ2v) is 6.57. The van der Waals surface area contributed by atoms with Gasteiger partial charge in [0.05, 0.1) is 24.2 Å². The van der Waals surface area contributed by atoms with Crippen LogP contribution in [0.4, 0.5) is 18.2 Å². The van der Waals surface area contributed by atoms with Crippen LogP contribution in [0, 0.1) is 11.3 Å². The number of alkyl halides is 3. The number of nitrogens with zero attached hydrogens (tertiary/aromatic N) is 1. The summed E-state index contributed by atoms with van der Waals surface area (Å²) < 4.78 is 48.2. The van der Waals surface area contributed by atoms with E-state index in [1.54, 1.807) is 6.92 Å². The van der Waals surface area contributed by atoms with E-state index >= 15 is 0 Å². The quantitative estimate of drug-likeness (QED) is 0.726. The molecule has 0 amide bonds. The Morgan fingerprint density at radius 2 is 2.00 bits per heavy atom. The number of esters is 2. The van der Waals surface area contributed by atoms with E-state index in [0.29, 0.717) is 0 Å². The number of nitrogen functional groups attached to an aromatic ring is 1. The number of ether oxygens (including phenoxy) is 2. The van der Waals surface area contributed by atoms with Gasteiger partial charge in [-0.25, -0.2) is 4.79 Å². The Labute approximate surface area is 162 Å². The van der Waals surface area contributed by atoms with Crippen molar-refractivity contribution >= 4 is 28.3 Å². The number of nitriles is 1. The summed E-state index contributed by atoms with van der Waals surface area (Å²) in [7, 11) is 0. The Balaban J connectivity index is 2.13. The monoisotopic (exact) mass is 412 g/mol. The van der Waals surface area contributed by atoms with Gasteiger partial charge < -0.3 is 15.2 Å². The standard InChI is InChI=1S/C18H15F3N2O4S/c1-2-26-17(25)15-13(12(8-22)16(23)28-15)9-27-14(24)7-10-4-3-5-11(6-10)18(19,20)21/h3-6H,2,7,9,23H2,1H3. The molecule has 0 saturated carbocycles. The van der Waals surface area contributed by atoms with E-state index < -0.39 is 36.7 Å². The van der Waals surface area contributed by atoms with E-state index in [1.807, 2.05) is 6.07 Å². The number of carbonyl (C=O) groups is 2. The summed E-state index contributed by atoms with van der Waals surface area (Å²) in [6.45, 7) is 1.28. The van der Waals surface area contributed by atoms with Crippen molar-refractivity contribution in [2.24, 2.45) is 0 Å². The maximum atomic E-state index is 12.7. The number of hydrogen-bond donors (Lipinski definition) is 1. The minimum atomic E-state index is -4.52. The van der Waals surface area contributed by atoms with Gasteiger partial charge >= 0.3 is 18.1 Å². The fourth-order valence-corrected chi connectivity index (χ4v) is 3.25. The van der Waals surface area contributed by atoms with Gasteiger partial charge in [0.2, 0.25) is 0 Å². The van der Waals surface area contributed by atoms with Crippen molar-refractivity contribution in [2.75, 3.05) is 12.3 Å². The van der Waals surface area contributed by atoms with E-state index in [9.17, 15) is 28.0 Å². The number of carbonyl (C=O) groups excluding carboxylic acids is 2. The van der Waals surface area contributed by atoms with Crippen LogP contribution < -0.4 is 5.73 Å². The number of hydrogen-bond acceptors (Lipinski definition) is 7. The Bertz CT molecular complexity index is 932. The summed E-state index contributed by atoms with van der Waals surface area (Å²) in [4.78, 5) is 24.1. The number of nitrogens with two attached hydrogens (primary N) is 1. The molecule has 1 aromatic carbocycles. The molecule has 0 spiro atoms.